The molecular formula is C20H14ClFN4O5. The Kier molecular flexibility index (Phi) is 6.32. The van der Waals surface area contributed by atoms with Gasteiger partial charge in [0.25, 0.3) is 0 Å². The monoisotopic (exact) mass is 444 g/mol. The maximum Gasteiger partial charge on any atom is 0.354 e. The lowest BCUT2D eigenvalue weighted by Gasteiger charge is -2.11. The number of urea groups is 1. The highest BCUT2D eigenvalue weighted by Gasteiger charge is 2.14. The molecular weight excluding hydrogens is 431 g/mol. The second-order valence-electron chi connectivity index (χ2n) is 6.06. The fourth-order valence-electron chi connectivity index (χ4n) is 2.45. The van der Waals surface area contributed by atoms with Crippen LogP contribution in [-0.2, 0) is 0 Å². The number of primary amides is 1. The van der Waals surface area contributed by atoms with Crippen molar-refractivity contribution in [1.29, 1.82) is 0 Å². The number of rotatable bonds is 6. The highest BCUT2D eigenvalue weighted by molar-refractivity contribution is 6.34. The first-order valence-electron chi connectivity index (χ1n) is 8.57. The molecule has 0 fully saturated rings. The summed E-state index contributed by atoms with van der Waals surface area (Å²) in [7, 11) is 0. The number of carbonyl (C=O) groups is 3. The quantitative estimate of drug-likeness (QED) is 0.450. The van der Waals surface area contributed by atoms with Gasteiger partial charge in [0, 0.05) is 18.0 Å². The predicted molar refractivity (Wildman–Crippen MR) is 110 cm³/mol. The molecule has 0 atom stereocenters. The lowest BCUT2D eigenvalue weighted by Crippen LogP contribution is -2.21. The van der Waals surface area contributed by atoms with Gasteiger partial charge in [0.05, 0.1) is 16.3 Å². The maximum absolute atomic E-state index is 14.0. The van der Waals surface area contributed by atoms with Crippen LogP contribution in [0.4, 0.5) is 20.6 Å². The van der Waals surface area contributed by atoms with Crippen molar-refractivity contribution in [3.63, 3.8) is 0 Å². The van der Waals surface area contributed by atoms with Crippen molar-refractivity contribution in [2.24, 2.45) is 5.73 Å². The Morgan fingerprint density at radius 2 is 1.74 bits per heavy atom. The molecule has 158 valence electrons. The molecule has 0 aliphatic carbocycles. The van der Waals surface area contributed by atoms with Crippen LogP contribution in [0, 0.1) is 5.82 Å². The number of pyridine rings is 1. The summed E-state index contributed by atoms with van der Waals surface area (Å²) in [6, 6.07) is 9.99. The van der Waals surface area contributed by atoms with E-state index in [-0.39, 0.29) is 27.7 Å². The van der Waals surface area contributed by atoms with Crippen molar-refractivity contribution in [3.05, 3.63) is 76.8 Å². The smallest absolute Gasteiger partial charge is 0.354 e. The van der Waals surface area contributed by atoms with E-state index in [4.69, 9.17) is 27.2 Å². The van der Waals surface area contributed by atoms with E-state index in [1.807, 2.05) is 0 Å². The summed E-state index contributed by atoms with van der Waals surface area (Å²) in [5, 5.41) is 13.5. The maximum atomic E-state index is 14.0. The number of benzene rings is 2. The summed E-state index contributed by atoms with van der Waals surface area (Å²) in [5.74, 6) is -2.24. The molecule has 11 heteroatoms. The molecule has 3 amide bonds. The highest BCUT2D eigenvalue weighted by Crippen LogP contribution is 2.25. The van der Waals surface area contributed by atoms with Gasteiger partial charge in [-0.1, -0.05) is 11.6 Å². The number of ether oxygens (including phenoxy) is 1. The van der Waals surface area contributed by atoms with E-state index >= 15 is 0 Å². The van der Waals surface area contributed by atoms with Gasteiger partial charge in [-0.25, -0.2) is 19.0 Å². The first-order chi connectivity index (χ1) is 14.7. The van der Waals surface area contributed by atoms with Gasteiger partial charge >= 0.3 is 12.0 Å². The Balaban J connectivity index is 1.65. The molecule has 9 nitrogen and oxygen atoms in total. The molecule has 0 saturated heterocycles. The molecule has 0 bridgehead atoms. The number of hydrogen-bond donors (Lipinski definition) is 4. The van der Waals surface area contributed by atoms with Gasteiger partial charge in [-0.15, -0.1) is 0 Å². The standard InChI is InChI=1S/C20H14ClFN4O5/c21-14-9-15(22)16(8-13(14)18(23)27)26-20(30)25-10-1-3-11(4-2-10)31-12-5-6-24-17(7-12)19(28)29/h1-9H,(H2,23,27)(H,28,29)(H2,25,26,30). The van der Waals surface area contributed by atoms with Crippen molar-refractivity contribution in [2.75, 3.05) is 10.6 Å². The SMILES string of the molecule is NC(=O)c1cc(NC(=O)Nc2ccc(Oc3ccnc(C(=O)O)c3)cc2)c(F)cc1Cl. The van der Waals surface area contributed by atoms with Crippen LogP contribution in [-0.4, -0.2) is 28.0 Å². The molecule has 0 aliphatic rings. The van der Waals surface area contributed by atoms with Crippen molar-refractivity contribution in [1.82, 2.24) is 4.98 Å². The second kappa shape index (κ2) is 9.09. The first kappa shape index (κ1) is 21.5. The molecule has 3 rings (SSSR count). The number of nitrogens with one attached hydrogen (secondary N) is 2. The molecule has 1 aromatic heterocycles. The second-order valence-corrected chi connectivity index (χ2v) is 6.47. The third-order valence-corrected chi connectivity index (χ3v) is 4.18. The molecule has 2 aromatic carbocycles. The topological polar surface area (TPSA) is 144 Å². The van der Waals surface area contributed by atoms with Gasteiger partial charge in [0.15, 0.2) is 5.69 Å². The lowest BCUT2D eigenvalue weighted by molar-refractivity contribution is 0.0689. The third kappa shape index (κ3) is 5.46. The Hall–Kier alpha value is -4.18. The molecule has 0 aliphatic heterocycles. The highest BCUT2D eigenvalue weighted by atomic mass is 35.5. The fraction of sp³-hybridized carbons (Fsp3) is 0. The van der Waals surface area contributed by atoms with Crippen LogP contribution < -0.4 is 21.1 Å². The lowest BCUT2D eigenvalue weighted by atomic mass is 10.2. The van der Waals surface area contributed by atoms with E-state index in [0.29, 0.717) is 11.4 Å². The molecule has 0 spiro atoms. The zero-order chi connectivity index (χ0) is 22.5. The Morgan fingerprint density at radius 1 is 1.03 bits per heavy atom. The minimum Gasteiger partial charge on any atom is -0.477 e. The van der Waals surface area contributed by atoms with E-state index < -0.39 is 23.7 Å². The van der Waals surface area contributed by atoms with E-state index in [1.54, 1.807) is 0 Å². The number of amides is 3. The summed E-state index contributed by atoms with van der Waals surface area (Å²) in [4.78, 5) is 38.1. The van der Waals surface area contributed by atoms with E-state index in [9.17, 15) is 18.8 Å². The van der Waals surface area contributed by atoms with Crippen molar-refractivity contribution >= 4 is 40.9 Å². The van der Waals surface area contributed by atoms with Crippen LogP contribution in [0.5, 0.6) is 11.5 Å². The number of carboxylic acids is 1. The van der Waals surface area contributed by atoms with Crippen LogP contribution in [0.15, 0.2) is 54.7 Å². The summed E-state index contributed by atoms with van der Waals surface area (Å²) in [5.41, 5.74) is 4.94. The van der Waals surface area contributed by atoms with Gasteiger partial charge in [-0.3, -0.25) is 4.79 Å². The third-order valence-electron chi connectivity index (χ3n) is 3.87. The van der Waals surface area contributed by atoms with Crippen molar-refractivity contribution in [3.8, 4) is 11.5 Å². The summed E-state index contributed by atoms with van der Waals surface area (Å²) >= 11 is 5.75. The summed E-state index contributed by atoms with van der Waals surface area (Å²) in [6.45, 7) is 0. The van der Waals surface area contributed by atoms with Crippen LogP contribution >= 0.6 is 11.6 Å². The largest absolute Gasteiger partial charge is 0.477 e. The zero-order valence-electron chi connectivity index (χ0n) is 15.6. The molecule has 1 heterocycles. The molecule has 0 unspecified atom stereocenters. The zero-order valence-corrected chi connectivity index (χ0v) is 16.3. The number of aromatic nitrogens is 1. The predicted octanol–water partition coefficient (Wildman–Crippen LogP) is 4.11. The number of nitrogens with zero attached hydrogens (tertiary/aromatic N) is 1. The van der Waals surface area contributed by atoms with Gasteiger partial charge < -0.3 is 26.2 Å². The Morgan fingerprint density at radius 3 is 2.39 bits per heavy atom. The first-order valence-corrected chi connectivity index (χ1v) is 8.95. The van der Waals surface area contributed by atoms with Crippen molar-refractivity contribution < 1.29 is 28.6 Å². The Bertz CT molecular complexity index is 1170. The van der Waals surface area contributed by atoms with E-state index in [0.717, 1.165) is 12.1 Å². The van der Waals surface area contributed by atoms with Crippen LogP contribution in [0.2, 0.25) is 5.02 Å². The molecule has 0 radical (unpaired) electrons. The van der Waals surface area contributed by atoms with Crippen LogP contribution in [0.25, 0.3) is 0 Å². The van der Waals surface area contributed by atoms with Gasteiger partial charge in [0.1, 0.15) is 17.3 Å². The molecule has 3 aromatic rings. The van der Waals surface area contributed by atoms with Crippen molar-refractivity contribution in [2.45, 2.75) is 0 Å². The normalized spacial score (nSPS) is 10.3. The number of nitrogens with two attached hydrogens (primary N) is 1. The minimum atomic E-state index is -1.18. The number of hydrogen-bond acceptors (Lipinski definition) is 5. The summed E-state index contributed by atoms with van der Waals surface area (Å²) in [6.07, 6.45) is 1.30. The molecule has 31 heavy (non-hydrogen) atoms. The number of carboxylic acid groups (broad SMARTS) is 1. The van der Waals surface area contributed by atoms with E-state index in [1.165, 1.54) is 42.6 Å². The average molecular weight is 445 g/mol. The summed E-state index contributed by atoms with van der Waals surface area (Å²) < 4.78 is 19.5. The molecule has 5 N–H and O–H groups in total. The molecule has 0 saturated carbocycles. The van der Waals surface area contributed by atoms with Gasteiger partial charge in [-0.05, 0) is 42.5 Å². The van der Waals surface area contributed by atoms with Crippen LogP contribution in [0.3, 0.4) is 0 Å². The minimum absolute atomic E-state index is 0.137. The van der Waals surface area contributed by atoms with Crippen LogP contribution in [0.1, 0.15) is 20.8 Å². The Labute approximate surface area is 179 Å². The number of anilines is 2. The average Bonchev–Trinajstić information content (AvgIpc) is 2.71. The van der Waals surface area contributed by atoms with Gasteiger partial charge in [-0.2, -0.15) is 0 Å². The fourth-order valence-corrected chi connectivity index (χ4v) is 2.70. The number of halogens is 2. The number of aromatic carboxylic acids is 1. The number of carbonyl (C=O) groups excluding carboxylic acids is 2. The van der Waals surface area contributed by atoms with E-state index in [2.05, 4.69) is 15.6 Å². The van der Waals surface area contributed by atoms with Gasteiger partial charge in [0.2, 0.25) is 5.91 Å².